The van der Waals surface area contributed by atoms with E-state index in [4.69, 9.17) is 14.3 Å². The minimum absolute atomic E-state index is 0.0329. The van der Waals surface area contributed by atoms with Gasteiger partial charge in [0.25, 0.3) is 5.89 Å². The number of sulfonamides is 1. The Kier molecular flexibility index (Phi) is 6.38. The number of hydrogen-bond donors (Lipinski definition) is 3. The van der Waals surface area contributed by atoms with Gasteiger partial charge >= 0.3 is 0 Å². The molecular formula is C21H20FN7O4S. The molecule has 4 N–H and O–H groups in total. The van der Waals surface area contributed by atoms with E-state index in [0.29, 0.717) is 34.5 Å². The monoisotopic (exact) mass is 485 g/mol. The van der Waals surface area contributed by atoms with Gasteiger partial charge in [-0.2, -0.15) is 4.98 Å². The molecular weight excluding hydrogens is 465 g/mol. The van der Waals surface area contributed by atoms with E-state index in [0.717, 1.165) is 6.20 Å². The molecule has 0 fully saturated rings. The minimum atomic E-state index is -3.90. The number of rotatable bonds is 8. The highest BCUT2D eigenvalue weighted by atomic mass is 32.2. The van der Waals surface area contributed by atoms with Crippen LogP contribution in [0.5, 0.6) is 5.75 Å². The molecule has 176 valence electrons. The molecule has 4 rings (SSSR count). The van der Waals surface area contributed by atoms with E-state index in [1.54, 1.807) is 50.2 Å². The maximum absolute atomic E-state index is 14.3. The van der Waals surface area contributed by atoms with Crippen molar-refractivity contribution in [1.29, 1.82) is 0 Å². The molecule has 0 bridgehead atoms. The number of halogens is 1. The van der Waals surface area contributed by atoms with E-state index in [-0.39, 0.29) is 23.3 Å². The number of nitrogens with two attached hydrogens (primary N) is 1. The van der Waals surface area contributed by atoms with E-state index in [1.165, 1.54) is 6.07 Å². The van der Waals surface area contributed by atoms with Gasteiger partial charge in [-0.1, -0.05) is 6.07 Å². The molecule has 0 spiro atoms. The molecule has 2 aromatic heterocycles. The maximum atomic E-state index is 14.3. The molecule has 34 heavy (non-hydrogen) atoms. The van der Waals surface area contributed by atoms with Crippen molar-refractivity contribution in [3.8, 4) is 5.75 Å². The molecule has 0 aliphatic rings. The first-order chi connectivity index (χ1) is 16.2. The average molecular weight is 486 g/mol. The smallest absolute Gasteiger partial charge is 0.253 e. The Morgan fingerprint density at radius 1 is 1.06 bits per heavy atom. The van der Waals surface area contributed by atoms with Crippen LogP contribution < -0.4 is 20.5 Å². The van der Waals surface area contributed by atoms with Crippen LogP contribution in [0.1, 0.15) is 17.3 Å². The van der Waals surface area contributed by atoms with Crippen LogP contribution in [0.3, 0.4) is 0 Å². The number of anilines is 4. The van der Waals surface area contributed by atoms with Crippen LogP contribution in [0.15, 0.2) is 58.0 Å². The molecule has 2 aromatic carbocycles. The molecule has 4 aromatic rings. The zero-order valence-corrected chi connectivity index (χ0v) is 18.9. The molecule has 2 heterocycles. The first kappa shape index (κ1) is 23.1. The summed E-state index contributed by atoms with van der Waals surface area (Å²) in [5.74, 6) is 0.664. The third kappa shape index (κ3) is 5.63. The first-order valence-corrected chi connectivity index (χ1v) is 11.4. The van der Waals surface area contributed by atoms with Crippen LogP contribution in [0.4, 0.5) is 27.5 Å². The fraction of sp³-hybridized carbons (Fsp3) is 0.143. The summed E-state index contributed by atoms with van der Waals surface area (Å²) in [5.41, 5.74) is 1.43. The van der Waals surface area contributed by atoms with Gasteiger partial charge in [-0.3, -0.25) is 0 Å². The maximum Gasteiger partial charge on any atom is 0.253 e. The first-order valence-electron chi connectivity index (χ1n) is 9.89. The zero-order chi connectivity index (χ0) is 24.3. The normalized spacial score (nSPS) is 11.3. The number of aryl methyl sites for hydroxylation is 2. The van der Waals surface area contributed by atoms with Crippen LogP contribution >= 0.6 is 0 Å². The van der Waals surface area contributed by atoms with Crippen molar-refractivity contribution >= 4 is 33.2 Å². The van der Waals surface area contributed by atoms with Crippen molar-refractivity contribution in [1.82, 2.24) is 20.2 Å². The van der Waals surface area contributed by atoms with Gasteiger partial charge in [0.2, 0.25) is 21.9 Å². The van der Waals surface area contributed by atoms with Crippen LogP contribution in [0, 0.1) is 19.7 Å². The molecule has 0 radical (unpaired) electrons. The van der Waals surface area contributed by atoms with Crippen LogP contribution in [-0.2, 0) is 16.6 Å². The van der Waals surface area contributed by atoms with E-state index in [1.807, 2.05) is 0 Å². The highest BCUT2D eigenvalue weighted by Crippen LogP contribution is 2.24. The third-order valence-corrected chi connectivity index (χ3v) is 5.60. The summed E-state index contributed by atoms with van der Waals surface area (Å²) < 4.78 is 48.6. The molecule has 13 heteroatoms. The summed E-state index contributed by atoms with van der Waals surface area (Å²) in [6.07, 6.45) is 0.996. The van der Waals surface area contributed by atoms with E-state index in [2.05, 4.69) is 30.8 Å². The van der Waals surface area contributed by atoms with Crippen LogP contribution in [0.2, 0.25) is 0 Å². The topological polar surface area (TPSA) is 158 Å². The summed E-state index contributed by atoms with van der Waals surface area (Å²) in [6, 6.07) is 11.3. The van der Waals surface area contributed by atoms with E-state index < -0.39 is 15.8 Å². The SMILES string of the molecule is Cc1nnc(COc2ccc(Nc3nc(Nc4ccc(C)c(S(N)(=O)=O)c4)ncc3F)cc2)o1. The quantitative estimate of drug-likeness (QED) is 0.338. The minimum Gasteiger partial charge on any atom is -0.484 e. The fourth-order valence-electron chi connectivity index (χ4n) is 2.94. The second kappa shape index (κ2) is 9.41. The Morgan fingerprint density at radius 2 is 1.79 bits per heavy atom. The van der Waals surface area contributed by atoms with Gasteiger partial charge in [-0.25, -0.2) is 22.9 Å². The van der Waals surface area contributed by atoms with Crippen molar-refractivity contribution in [3.05, 3.63) is 71.8 Å². The van der Waals surface area contributed by atoms with Crippen molar-refractivity contribution in [3.63, 3.8) is 0 Å². The number of ether oxygens (including phenoxy) is 1. The van der Waals surface area contributed by atoms with Gasteiger partial charge in [-0.15, -0.1) is 10.2 Å². The Labute approximate surface area is 194 Å². The van der Waals surface area contributed by atoms with Gasteiger partial charge < -0.3 is 19.8 Å². The van der Waals surface area contributed by atoms with Crippen LogP contribution in [-0.4, -0.2) is 28.6 Å². The Bertz CT molecular complexity index is 1430. The number of benzene rings is 2. The average Bonchev–Trinajstić information content (AvgIpc) is 3.21. The predicted octanol–water partition coefficient (Wildman–Crippen LogP) is 3.33. The number of nitrogens with zero attached hydrogens (tertiary/aromatic N) is 4. The van der Waals surface area contributed by atoms with Crippen LogP contribution in [0.25, 0.3) is 0 Å². The van der Waals surface area contributed by atoms with Gasteiger partial charge in [0.05, 0.1) is 11.1 Å². The van der Waals surface area contributed by atoms with Crippen molar-refractivity contribution < 1.29 is 22.0 Å². The molecule has 0 amide bonds. The lowest BCUT2D eigenvalue weighted by Crippen LogP contribution is -2.14. The van der Waals surface area contributed by atoms with Crippen molar-refractivity contribution in [2.24, 2.45) is 5.14 Å². The molecule has 0 saturated carbocycles. The Balaban J connectivity index is 1.45. The highest BCUT2D eigenvalue weighted by Gasteiger charge is 2.14. The molecule has 0 atom stereocenters. The summed E-state index contributed by atoms with van der Waals surface area (Å²) in [4.78, 5) is 8.00. The molecule has 0 saturated heterocycles. The Morgan fingerprint density at radius 3 is 2.47 bits per heavy atom. The van der Waals surface area contributed by atoms with Crippen molar-refractivity contribution in [2.45, 2.75) is 25.3 Å². The van der Waals surface area contributed by atoms with Gasteiger partial charge in [0.15, 0.2) is 18.2 Å². The molecule has 0 aliphatic heterocycles. The molecule has 0 aliphatic carbocycles. The molecule has 0 unspecified atom stereocenters. The predicted molar refractivity (Wildman–Crippen MR) is 121 cm³/mol. The summed E-state index contributed by atoms with van der Waals surface area (Å²) in [7, 11) is -3.90. The van der Waals surface area contributed by atoms with Crippen molar-refractivity contribution in [2.75, 3.05) is 10.6 Å². The second-order valence-corrected chi connectivity index (χ2v) is 8.72. The molecule has 11 nitrogen and oxygen atoms in total. The third-order valence-electron chi connectivity index (χ3n) is 4.54. The van der Waals surface area contributed by atoms with Gasteiger partial charge in [0, 0.05) is 18.3 Å². The highest BCUT2D eigenvalue weighted by molar-refractivity contribution is 7.89. The largest absolute Gasteiger partial charge is 0.484 e. The summed E-state index contributed by atoms with van der Waals surface area (Å²) >= 11 is 0. The van der Waals surface area contributed by atoms with Gasteiger partial charge in [-0.05, 0) is 48.9 Å². The van der Waals surface area contributed by atoms with E-state index in [9.17, 15) is 12.8 Å². The lowest BCUT2D eigenvalue weighted by atomic mass is 10.2. The second-order valence-electron chi connectivity index (χ2n) is 7.19. The number of hydrogen-bond acceptors (Lipinski definition) is 10. The number of aromatic nitrogens is 4. The Hall–Kier alpha value is -4.10. The van der Waals surface area contributed by atoms with Gasteiger partial charge in [0.1, 0.15) is 5.75 Å². The summed E-state index contributed by atoms with van der Waals surface area (Å²) in [6.45, 7) is 3.43. The van der Waals surface area contributed by atoms with E-state index >= 15 is 0 Å². The summed E-state index contributed by atoms with van der Waals surface area (Å²) in [5, 5.41) is 18.5. The standard InChI is InChI=1S/C21H20FN7O4S/c1-12-3-4-15(9-18(12)34(23,30)31)26-21-24-10-17(22)20(27-21)25-14-5-7-16(8-6-14)32-11-19-29-28-13(2)33-19/h3-10H,11H2,1-2H3,(H2,23,30,31)(H2,24,25,26,27). The number of nitrogens with one attached hydrogen (secondary N) is 2. The lowest BCUT2D eigenvalue weighted by Gasteiger charge is -2.11. The zero-order valence-electron chi connectivity index (χ0n) is 18.1. The lowest BCUT2D eigenvalue weighted by molar-refractivity contribution is 0.260. The number of primary sulfonamides is 1. The fourth-order valence-corrected chi connectivity index (χ4v) is 3.75.